The fraction of sp³-hybridized carbons (Fsp3) is 0.255. The summed E-state index contributed by atoms with van der Waals surface area (Å²) in [5.41, 5.74) is 28.3. The van der Waals surface area contributed by atoms with Crippen molar-refractivity contribution in [3.8, 4) is 91.0 Å². The average molecular weight is 1950 g/mol. The molecule has 8 aromatic carbocycles. The summed E-state index contributed by atoms with van der Waals surface area (Å²) in [6.07, 6.45) is 9.99. The van der Waals surface area contributed by atoms with Crippen LogP contribution in [0.2, 0.25) is 0 Å². The number of carbonyl (C=O) groups excluding carboxylic acids is 8. The van der Waals surface area contributed by atoms with Gasteiger partial charge < -0.3 is 76.5 Å². The number of carbonyl (C=O) groups is 9. The van der Waals surface area contributed by atoms with Crippen LogP contribution in [-0.4, -0.2) is 182 Å². The smallest absolute Gasteiger partial charge is 0.475 e. The van der Waals surface area contributed by atoms with E-state index in [1.807, 2.05) is 266 Å². The van der Waals surface area contributed by atoms with Crippen molar-refractivity contribution in [2.24, 2.45) is 22.9 Å². The van der Waals surface area contributed by atoms with Crippen molar-refractivity contribution in [1.82, 2.24) is 59.9 Å². The maximum absolute atomic E-state index is 12.4. The van der Waals surface area contributed by atoms with Crippen molar-refractivity contribution in [2.75, 3.05) is 52.4 Å². The molecule has 10 N–H and O–H groups in total. The Morgan fingerprint density at radius 3 is 0.937 bits per heavy atom. The van der Waals surface area contributed by atoms with Crippen LogP contribution in [0, 0.1) is 0 Å². The molecular formula is C106H108ClF3N16O16. The van der Waals surface area contributed by atoms with Crippen LogP contribution in [0.25, 0.3) is 50.6 Å². The molecule has 8 heterocycles. The van der Waals surface area contributed by atoms with E-state index in [-0.39, 0.29) is 46.6 Å². The van der Waals surface area contributed by atoms with Crippen LogP contribution in [0.15, 0.2) is 275 Å². The second kappa shape index (κ2) is 50.2. The van der Waals surface area contributed by atoms with Crippen LogP contribution in [0.3, 0.4) is 0 Å². The molecule has 12 aromatic rings. The second-order valence-electron chi connectivity index (χ2n) is 34.4. The lowest BCUT2D eigenvalue weighted by Crippen LogP contribution is -2.41. The summed E-state index contributed by atoms with van der Waals surface area (Å²) in [7, 11) is 0. The molecule has 0 atom stereocenters. The number of piperidine rings is 3. The Morgan fingerprint density at radius 1 is 0.394 bits per heavy atom. The van der Waals surface area contributed by atoms with Gasteiger partial charge >= 0.3 is 24.3 Å². The van der Waals surface area contributed by atoms with Gasteiger partial charge in [-0.15, -0.1) is 0 Å². The largest absolute Gasteiger partial charge is 0.490 e. The zero-order valence-corrected chi connectivity index (χ0v) is 79.6. The van der Waals surface area contributed by atoms with E-state index in [4.69, 9.17) is 87.8 Å². The first kappa shape index (κ1) is 106. The second-order valence-corrected chi connectivity index (χ2v) is 34.8. The molecule has 0 aliphatic carbocycles. The Hall–Kier alpha value is -16.4. The number of likely N-dealkylation sites (tertiary alicyclic amines) is 2. The lowest BCUT2D eigenvalue weighted by molar-refractivity contribution is -0.192. The highest BCUT2D eigenvalue weighted by molar-refractivity contribution is 6.66. The number of hydrogen-bond donors (Lipinski definition) is 6. The van der Waals surface area contributed by atoms with E-state index in [1.54, 1.807) is 20.9 Å². The number of aliphatic carboxylic acids is 1. The van der Waals surface area contributed by atoms with Gasteiger partial charge in [0.15, 0.2) is 5.82 Å². The van der Waals surface area contributed by atoms with E-state index >= 15 is 0 Å². The maximum atomic E-state index is 12.4. The molecule has 36 heteroatoms. The van der Waals surface area contributed by atoms with Crippen molar-refractivity contribution in [2.45, 2.75) is 122 Å². The number of nitrogens with zero attached hydrogens (tertiary/aromatic N) is 11. The van der Waals surface area contributed by atoms with Crippen LogP contribution in [0.5, 0.6) is 46.0 Å². The monoisotopic (exact) mass is 1950 g/mol. The van der Waals surface area contributed by atoms with Gasteiger partial charge in [-0.3, -0.25) is 28.8 Å². The molecule has 736 valence electrons. The molecule has 142 heavy (non-hydrogen) atoms. The van der Waals surface area contributed by atoms with Crippen molar-refractivity contribution >= 4 is 70.1 Å². The molecule has 3 fully saturated rings. The molecule has 0 bridgehead atoms. The summed E-state index contributed by atoms with van der Waals surface area (Å²) in [5.74, 6) is 3.58. The minimum absolute atomic E-state index is 0.0630. The van der Waals surface area contributed by atoms with E-state index in [0.717, 1.165) is 101 Å². The number of allylic oxidation sites excluding steroid dienone is 1. The first-order valence-corrected chi connectivity index (χ1v) is 45.6. The fourth-order valence-electron chi connectivity index (χ4n) is 14.7. The highest BCUT2D eigenvalue weighted by Gasteiger charge is 2.39. The number of carboxylic acid groups (broad SMARTS) is 1. The summed E-state index contributed by atoms with van der Waals surface area (Å²) < 4.78 is 66.0. The van der Waals surface area contributed by atoms with E-state index in [9.17, 15) is 51.5 Å². The number of hydrogen-bond acceptors (Lipinski definition) is 24. The summed E-state index contributed by atoms with van der Waals surface area (Å²) in [4.78, 5) is 145. The number of nitrogens with two attached hydrogens (primary N) is 4. The standard InChI is InChI=1S/C27H30N4O4.C27H28N4O4.C25H24N4O3.C22H22N4O2.C3H3ClO.C2HF3O2/c2*1-27(2,3)35-26(33)31-15-13-19(14-16-31)25-29-17-22(24(28)32)23(30-25)18-9-11-21(12-10-18)34-20-7-5-4-6-8-20;1-2-22(30)29-14-12-18(13-15-29)25-27-16-21(24(26)31)23(28-25)17-8-10-20(11-9-17)32-19-6-4-3-5-7-19;23-21(27)19-14-25-22(16-10-12-24-13-11-16)26-20(19)15-6-8-18(9-7-15)28-17-4-2-1-3-5-17;1-2-3(4)5;3-2(4,5)1(6)7/h4-12,17,19H,13-16H2,1-3H3,(H2,28,32);4-13,17H,14-16H2,1-3H3,(H2,28,32);2-11,16,18H,1,12-15H2,(H2,26,31);1-9,14,16,24H,10-13H2,(H2,23,27);2H,1H2;(H,6,7). The van der Waals surface area contributed by atoms with Gasteiger partial charge in [-0.1, -0.05) is 92.0 Å². The summed E-state index contributed by atoms with van der Waals surface area (Å²) in [6, 6.07) is 67.5. The van der Waals surface area contributed by atoms with Crippen LogP contribution in [0.4, 0.5) is 22.8 Å². The zero-order chi connectivity index (χ0) is 102. The van der Waals surface area contributed by atoms with E-state index in [0.29, 0.717) is 133 Å². The number of nitrogens with one attached hydrogen (secondary N) is 1. The molecule has 16 rings (SSSR count). The van der Waals surface area contributed by atoms with Crippen LogP contribution < -0.4 is 47.2 Å². The van der Waals surface area contributed by atoms with Crippen LogP contribution in [0.1, 0.15) is 169 Å². The van der Waals surface area contributed by atoms with Gasteiger partial charge in [0.25, 0.3) is 23.6 Å². The summed E-state index contributed by atoms with van der Waals surface area (Å²) in [6.45, 7) is 22.9. The van der Waals surface area contributed by atoms with Crippen LogP contribution in [-0.2, 0) is 23.9 Å². The molecule has 32 nitrogen and oxygen atoms in total. The third-order valence-corrected chi connectivity index (χ3v) is 22.0. The first-order chi connectivity index (χ1) is 67.8. The molecule has 0 unspecified atom stereocenters. The molecular weight excluding hydrogens is 1850 g/mol. The maximum Gasteiger partial charge on any atom is 0.490 e. The van der Waals surface area contributed by atoms with Gasteiger partial charge in [0, 0.05) is 104 Å². The average Bonchev–Trinajstić information content (AvgIpc) is 0.805. The van der Waals surface area contributed by atoms with Gasteiger partial charge in [-0.2, -0.15) is 13.2 Å². The van der Waals surface area contributed by atoms with Crippen molar-refractivity contribution < 1.29 is 89.8 Å². The Labute approximate surface area is 823 Å². The molecule has 0 spiro atoms. The molecule has 4 aliphatic heterocycles. The van der Waals surface area contributed by atoms with Crippen molar-refractivity contribution in [3.05, 3.63) is 320 Å². The lowest BCUT2D eigenvalue weighted by atomic mass is 9.95. The van der Waals surface area contributed by atoms with Gasteiger partial charge in [-0.25, -0.2) is 54.3 Å². The van der Waals surface area contributed by atoms with Crippen molar-refractivity contribution in [1.29, 1.82) is 0 Å². The minimum atomic E-state index is -5.08. The number of aromatic nitrogens is 8. The highest BCUT2D eigenvalue weighted by Crippen LogP contribution is 2.38. The topological polar surface area (TPSA) is 458 Å². The number of rotatable bonds is 22. The normalized spacial score (nSPS) is 13.8. The quantitative estimate of drug-likeness (QED) is 0.0271. The number of halogens is 4. The van der Waals surface area contributed by atoms with E-state index in [1.165, 1.54) is 24.7 Å². The zero-order valence-electron chi connectivity index (χ0n) is 78.9. The van der Waals surface area contributed by atoms with Crippen molar-refractivity contribution in [3.63, 3.8) is 0 Å². The Bertz CT molecular complexity index is 6410. The Kier molecular flexibility index (Phi) is 37.5. The third-order valence-electron chi connectivity index (χ3n) is 21.8. The highest BCUT2D eigenvalue weighted by atomic mass is 35.5. The number of alkyl halides is 3. The Morgan fingerprint density at radius 2 is 0.669 bits per heavy atom. The predicted octanol–water partition coefficient (Wildman–Crippen LogP) is 19.2. The third kappa shape index (κ3) is 31.8. The Balaban J connectivity index is 0.000000174. The number of primary amides is 4. The van der Waals surface area contributed by atoms with E-state index in [2.05, 4.69) is 43.4 Å². The van der Waals surface area contributed by atoms with Gasteiger partial charge in [0.2, 0.25) is 11.1 Å². The summed E-state index contributed by atoms with van der Waals surface area (Å²) in [5, 5.41) is 9.96. The number of para-hydroxylation sites is 4. The van der Waals surface area contributed by atoms with Gasteiger partial charge in [0.05, 0.1) is 45.0 Å². The first-order valence-electron chi connectivity index (χ1n) is 45.3. The van der Waals surface area contributed by atoms with E-state index < -0.39 is 52.2 Å². The number of carboxylic acids is 1. The van der Waals surface area contributed by atoms with Gasteiger partial charge in [-0.05, 0) is 274 Å². The minimum Gasteiger partial charge on any atom is -0.475 e. The predicted molar refractivity (Wildman–Crippen MR) is 529 cm³/mol. The summed E-state index contributed by atoms with van der Waals surface area (Å²) >= 11 is 4.71. The molecule has 0 radical (unpaired) electrons. The van der Waals surface area contributed by atoms with Crippen LogP contribution >= 0.6 is 11.6 Å². The number of amides is 7. The fourth-order valence-corrected chi connectivity index (χ4v) is 14.7. The SMILES string of the molecule is C=CC(=O)Cl.C=CC(=O)N1CCC(c2ncc(C(N)=O)c(-c3ccc(Oc4ccccc4)cc3)n2)CC1.CC(C)(C)OC(=O)N1CC=C(c2ncc(C(N)=O)c(-c3ccc(Oc4ccccc4)cc3)n2)CC1.CC(C)(C)OC(=O)N1CCC(c2ncc(C(N)=O)c(-c3ccc(Oc4ccccc4)cc3)n2)CC1.NC(=O)c1cnc(C2CCNCC2)nc1-c1ccc(Oc2ccccc2)cc1.O=C(O)C(F)(F)F. The molecule has 0 saturated carbocycles. The molecule has 4 aromatic heterocycles. The lowest BCUT2D eigenvalue weighted by Gasteiger charge is -2.33. The molecule has 4 aliphatic rings. The number of ether oxygens (including phenoxy) is 6. The molecule has 3 saturated heterocycles. The number of benzene rings is 8. The van der Waals surface area contributed by atoms with Gasteiger partial charge in [0.1, 0.15) is 74.7 Å². The molecule has 7 amide bonds.